The molecule has 36 heavy (non-hydrogen) atoms. The molecule has 0 atom stereocenters. The number of aromatic nitrogens is 1. The predicted molar refractivity (Wildman–Crippen MR) is 151 cm³/mol. The molecule has 0 unspecified atom stereocenters. The molecule has 0 spiro atoms. The zero-order chi connectivity index (χ0) is 23.6. The van der Waals surface area contributed by atoms with Crippen molar-refractivity contribution in [1.82, 2.24) is 4.98 Å². The number of fused-ring (bicyclic) bond motifs is 8. The first kappa shape index (κ1) is 19.5. The summed E-state index contributed by atoms with van der Waals surface area (Å²) in [5.41, 5.74) is 8.95. The molecule has 0 fully saturated rings. The van der Waals surface area contributed by atoms with E-state index in [-0.39, 0.29) is 0 Å². The van der Waals surface area contributed by atoms with Crippen molar-refractivity contribution in [2.24, 2.45) is 0 Å². The average Bonchev–Trinajstić information content (AvgIpc) is 3.51. The van der Waals surface area contributed by atoms with Crippen LogP contribution < -0.4 is 0 Å². The molecular formula is C34H21NO. The predicted octanol–water partition coefficient (Wildman–Crippen LogP) is 9.71. The number of aromatic amines is 1. The molecule has 168 valence electrons. The number of para-hydroxylation sites is 2. The Balaban J connectivity index is 1.24. The van der Waals surface area contributed by atoms with Crippen molar-refractivity contribution >= 4 is 54.5 Å². The fourth-order valence-corrected chi connectivity index (χ4v) is 5.68. The van der Waals surface area contributed by atoms with Gasteiger partial charge in [-0.25, -0.2) is 0 Å². The lowest BCUT2D eigenvalue weighted by Crippen LogP contribution is -1.82. The van der Waals surface area contributed by atoms with Gasteiger partial charge in [0.2, 0.25) is 0 Å². The van der Waals surface area contributed by atoms with Gasteiger partial charge in [0.1, 0.15) is 11.2 Å². The van der Waals surface area contributed by atoms with Crippen molar-refractivity contribution in [2.45, 2.75) is 0 Å². The highest BCUT2D eigenvalue weighted by molar-refractivity contribution is 6.22. The number of hydrogen-bond acceptors (Lipinski definition) is 1. The van der Waals surface area contributed by atoms with Gasteiger partial charge in [-0.2, -0.15) is 0 Å². The first-order valence-electron chi connectivity index (χ1n) is 12.3. The van der Waals surface area contributed by atoms with Crippen LogP contribution in [0.3, 0.4) is 0 Å². The minimum absolute atomic E-state index is 0.924. The largest absolute Gasteiger partial charge is 0.456 e. The van der Waals surface area contributed by atoms with Gasteiger partial charge in [-0.1, -0.05) is 97.1 Å². The van der Waals surface area contributed by atoms with Gasteiger partial charge < -0.3 is 9.40 Å². The maximum Gasteiger partial charge on any atom is 0.136 e. The van der Waals surface area contributed by atoms with Crippen LogP contribution in [-0.4, -0.2) is 4.98 Å². The highest BCUT2D eigenvalue weighted by Gasteiger charge is 2.13. The van der Waals surface area contributed by atoms with E-state index in [0.717, 1.165) is 27.5 Å². The zero-order valence-corrected chi connectivity index (χ0v) is 19.5. The van der Waals surface area contributed by atoms with Gasteiger partial charge in [0.15, 0.2) is 0 Å². The summed E-state index contributed by atoms with van der Waals surface area (Å²) < 4.78 is 6.11. The lowest BCUT2D eigenvalue weighted by atomic mass is 9.97. The van der Waals surface area contributed by atoms with E-state index in [1.165, 1.54) is 49.3 Å². The lowest BCUT2D eigenvalue weighted by Gasteiger charge is -2.07. The molecular weight excluding hydrogens is 438 g/mol. The Labute approximate surface area is 207 Å². The minimum atomic E-state index is 0.924. The average molecular weight is 460 g/mol. The number of rotatable bonds is 2. The maximum atomic E-state index is 6.11. The first-order valence-corrected chi connectivity index (χ1v) is 12.3. The Morgan fingerprint density at radius 1 is 0.472 bits per heavy atom. The minimum Gasteiger partial charge on any atom is -0.456 e. The van der Waals surface area contributed by atoms with Crippen LogP contribution in [0.4, 0.5) is 0 Å². The number of nitrogens with one attached hydrogen (secondary N) is 1. The molecule has 2 nitrogen and oxygen atoms in total. The van der Waals surface area contributed by atoms with E-state index < -0.39 is 0 Å². The Hall–Kier alpha value is -4.82. The van der Waals surface area contributed by atoms with Gasteiger partial charge >= 0.3 is 0 Å². The summed E-state index contributed by atoms with van der Waals surface area (Å²) in [6, 6.07) is 43.1. The molecule has 0 aliphatic carbocycles. The summed E-state index contributed by atoms with van der Waals surface area (Å²) in [5.74, 6) is 0. The van der Waals surface area contributed by atoms with Crippen LogP contribution in [0.25, 0.3) is 76.8 Å². The molecule has 2 heteroatoms. The molecule has 2 heterocycles. The van der Waals surface area contributed by atoms with Gasteiger partial charge in [0.05, 0.1) is 5.52 Å². The normalized spacial score (nSPS) is 11.9. The molecule has 0 amide bonds. The Morgan fingerprint density at radius 2 is 1.19 bits per heavy atom. The topological polar surface area (TPSA) is 28.9 Å². The summed E-state index contributed by atoms with van der Waals surface area (Å²) in [6.07, 6.45) is 0. The van der Waals surface area contributed by atoms with Crippen molar-refractivity contribution < 1.29 is 4.42 Å². The third kappa shape index (κ3) is 2.79. The van der Waals surface area contributed by atoms with Crippen molar-refractivity contribution in [3.05, 3.63) is 121 Å². The monoisotopic (exact) mass is 459 g/mol. The number of hydrogen-bond donors (Lipinski definition) is 1. The van der Waals surface area contributed by atoms with Crippen LogP contribution in [0, 0.1) is 0 Å². The van der Waals surface area contributed by atoms with E-state index in [1.54, 1.807) is 0 Å². The second-order valence-electron chi connectivity index (χ2n) is 9.45. The molecule has 1 N–H and O–H groups in total. The molecule has 0 bridgehead atoms. The molecule has 0 saturated heterocycles. The van der Waals surface area contributed by atoms with Gasteiger partial charge in [0, 0.05) is 32.6 Å². The lowest BCUT2D eigenvalue weighted by molar-refractivity contribution is 0.669. The van der Waals surface area contributed by atoms with Crippen molar-refractivity contribution in [1.29, 1.82) is 0 Å². The Kier molecular flexibility index (Phi) is 3.97. The quantitative estimate of drug-likeness (QED) is 0.274. The molecule has 0 saturated carbocycles. The molecule has 0 aliphatic rings. The number of benzene rings is 6. The van der Waals surface area contributed by atoms with Crippen LogP contribution in [0.2, 0.25) is 0 Å². The van der Waals surface area contributed by atoms with Gasteiger partial charge in [-0.05, 0) is 51.7 Å². The Morgan fingerprint density at radius 3 is 2.11 bits per heavy atom. The highest BCUT2D eigenvalue weighted by Crippen LogP contribution is 2.38. The van der Waals surface area contributed by atoms with E-state index in [9.17, 15) is 0 Å². The molecule has 0 radical (unpaired) electrons. The third-order valence-corrected chi connectivity index (χ3v) is 7.43. The zero-order valence-electron chi connectivity index (χ0n) is 19.5. The molecule has 8 aromatic rings. The molecule has 6 aromatic carbocycles. The van der Waals surface area contributed by atoms with E-state index in [0.29, 0.717) is 0 Å². The SMILES string of the molecule is c1ccc2c(c1)ccc1[nH]c3c(-c4ccc(-c5ccc6c(c5)oc5ccccc56)cc4)cccc3c12. The van der Waals surface area contributed by atoms with Crippen LogP contribution in [0.15, 0.2) is 126 Å². The van der Waals surface area contributed by atoms with Crippen LogP contribution >= 0.6 is 0 Å². The van der Waals surface area contributed by atoms with Crippen molar-refractivity contribution in [3.63, 3.8) is 0 Å². The van der Waals surface area contributed by atoms with Gasteiger partial charge in [-0.3, -0.25) is 0 Å². The van der Waals surface area contributed by atoms with Gasteiger partial charge in [0.25, 0.3) is 0 Å². The standard InChI is InChI=1S/C34H21NO/c1-2-7-25-22(6-1)17-19-30-33(25)29-10-5-9-26(34(29)35-30)23-14-12-21(13-15-23)24-16-18-28-27-8-3-4-11-31(27)36-32(28)20-24/h1-20,35H. The van der Waals surface area contributed by atoms with E-state index >= 15 is 0 Å². The summed E-state index contributed by atoms with van der Waals surface area (Å²) in [4.78, 5) is 3.70. The summed E-state index contributed by atoms with van der Waals surface area (Å²) in [5, 5.41) is 7.42. The smallest absolute Gasteiger partial charge is 0.136 e. The fraction of sp³-hybridized carbons (Fsp3) is 0. The van der Waals surface area contributed by atoms with Crippen molar-refractivity contribution in [2.75, 3.05) is 0 Å². The third-order valence-electron chi connectivity index (χ3n) is 7.43. The van der Waals surface area contributed by atoms with Crippen molar-refractivity contribution in [3.8, 4) is 22.3 Å². The fourth-order valence-electron chi connectivity index (χ4n) is 5.68. The first-order chi connectivity index (χ1) is 17.8. The second-order valence-corrected chi connectivity index (χ2v) is 9.45. The number of H-pyrrole nitrogens is 1. The maximum absolute atomic E-state index is 6.11. The van der Waals surface area contributed by atoms with Crippen LogP contribution in [0.1, 0.15) is 0 Å². The highest BCUT2D eigenvalue weighted by atomic mass is 16.3. The second kappa shape index (κ2) is 7.34. The van der Waals surface area contributed by atoms with E-state index in [2.05, 4.69) is 114 Å². The number of furan rings is 1. The summed E-state index contributed by atoms with van der Waals surface area (Å²) >= 11 is 0. The van der Waals surface area contributed by atoms with Gasteiger partial charge in [-0.15, -0.1) is 0 Å². The van der Waals surface area contributed by atoms with E-state index in [4.69, 9.17) is 4.42 Å². The van der Waals surface area contributed by atoms with Crippen LogP contribution in [0.5, 0.6) is 0 Å². The summed E-state index contributed by atoms with van der Waals surface area (Å²) in [6.45, 7) is 0. The van der Waals surface area contributed by atoms with Crippen LogP contribution in [-0.2, 0) is 0 Å². The Bertz CT molecular complexity index is 2090. The van der Waals surface area contributed by atoms with E-state index in [1.807, 2.05) is 12.1 Å². The summed E-state index contributed by atoms with van der Waals surface area (Å²) in [7, 11) is 0. The molecule has 8 rings (SSSR count). The molecule has 0 aliphatic heterocycles. The molecule has 2 aromatic heterocycles.